The van der Waals surface area contributed by atoms with Crippen LogP contribution in [0.3, 0.4) is 0 Å². The number of aliphatic hydroxyl groups is 3. The van der Waals surface area contributed by atoms with Gasteiger partial charge in [0, 0.05) is 13.2 Å². The molecule has 0 aromatic rings. The second-order valence-corrected chi connectivity index (χ2v) is 3.58. The standard InChI is InChI=1S/C10H16O7/c1-3-6(11)16-4-5-7(12)8(13)9(15-2)10(14)17-5/h3,5,7-10,12-14H,1,4H2,2H3/t5-,7-,8+,9-,10?/m1/s1. The molecule has 3 N–H and O–H groups in total. The summed E-state index contributed by atoms with van der Waals surface area (Å²) in [6.07, 6.45) is -5.14. The van der Waals surface area contributed by atoms with Crippen molar-refractivity contribution in [1.82, 2.24) is 0 Å². The molecule has 0 radical (unpaired) electrons. The highest BCUT2D eigenvalue weighted by Gasteiger charge is 2.44. The van der Waals surface area contributed by atoms with Gasteiger partial charge < -0.3 is 29.5 Å². The van der Waals surface area contributed by atoms with E-state index in [4.69, 9.17) is 9.47 Å². The Bertz CT molecular complexity index is 280. The molecule has 0 aliphatic carbocycles. The quantitative estimate of drug-likeness (QED) is 0.397. The SMILES string of the molecule is C=CC(=O)OC[C@H]1OC(O)[C@H](OC)[C@@H](O)[C@@H]1O. The maximum atomic E-state index is 10.8. The number of ether oxygens (including phenoxy) is 3. The van der Waals surface area contributed by atoms with Gasteiger partial charge in [-0.3, -0.25) is 0 Å². The normalized spacial score (nSPS) is 37.5. The first kappa shape index (κ1) is 14.1. The Balaban J connectivity index is 2.57. The smallest absolute Gasteiger partial charge is 0.330 e. The predicted molar refractivity (Wildman–Crippen MR) is 54.8 cm³/mol. The van der Waals surface area contributed by atoms with Crippen molar-refractivity contribution in [1.29, 1.82) is 0 Å². The van der Waals surface area contributed by atoms with Gasteiger partial charge in [-0.15, -0.1) is 0 Å². The average molecular weight is 248 g/mol. The summed E-state index contributed by atoms with van der Waals surface area (Å²) in [5.41, 5.74) is 0. The molecule has 98 valence electrons. The lowest BCUT2D eigenvalue weighted by atomic mass is 9.99. The maximum absolute atomic E-state index is 10.8. The molecule has 0 spiro atoms. The molecule has 5 atom stereocenters. The molecule has 0 amide bonds. The van der Waals surface area contributed by atoms with Gasteiger partial charge in [0.2, 0.25) is 0 Å². The van der Waals surface area contributed by atoms with E-state index in [1.807, 2.05) is 0 Å². The molecule has 1 saturated heterocycles. The van der Waals surface area contributed by atoms with Gasteiger partial charge in [0.15, 0.2) is 6.29 Å². The van der Waals surface area contributed by atoms with Gasteiger partial charge in [-0.2, -0.15) is 0 Å². The lowest BCUT2D eigenvalue weighted by molar-refractivity contribution is -0.292. The van der Waals surface area contributed by atoms with Crippen molar-refractivity contribution in [2.45, 2.75) is 30.7 Å². The highest BCUT2D eigenvalue weighted by molar-refractivity contribution is 5.81. The molecule has 1 heterocycles. The van der Waals surface area contributed by atoms with Gasteiger partial charge in [0.25, 0.3) is 0 Å². The summed E-state index contributed by atoms with van der Waals surface area (Å²) < 4.78 is 14.4. The van der Waals surface area contributed by atoms with E-state index >= 15 is 0 Å². The second kappa shape index (κ2) is 6.08. The third-order valence-corrected chi connectivity index (χ3v) is 2.49. The zero-order chi connectivity index (χ0) is 13.0. The van der Waals surface area contributed by atoms with Crippen LogP contribution in [-0.4, -0.2) is 65.7 Å². The van der Waals surface area contributed by atoms with Crippen LogP contribution in [0, 0.1) is 0 Å². The number of aliphatic hydroxyl groups excluding tert-OH is 3. The summed E-state index contributed by atoms with van der Waals surface area (Å²) in [4.78, 5) is 10.8. The van der Waals surface area contributed by atoms with Crippen LogP contribution in [0.1, 0.15) is 0 Å². The average Bonchev–Trinajstić information content (AvgIpc) is 2.32. The summed E-state index contributed by atoms with van der Waals surface area (Å²) in [6.45, 7) is 2.91. The van der Waals surface area contributed by atoms with Crippen LogP contribution >= 0.6 is 0 Å². The lowest BCUT2D eigenvalue weighted by Gasteiger charge is -2.39. The summed E-state index contributed by atoms with van der Waals surface area (Å²) in [7, 11) is 1.27. The van der Waals surface area contributed by atoms with E-state index in [0.29, 0.717) is 0 Å². The van der Waals surface area contributed by atoms with Crippen LogP contribution in [-0.2, 0) is 19.0 Å². The minimum atomic E-state index is -1.40. The minimum Gasteiger partial charge on any atom is -0.460 e. The molecule has 7 nitrogen and oxygen atoms in total. The van der Waals surface area contributed by atoms with E-state index in [2.05, 4.69) is 11.3 Å². The Hall–Kier alpha value is -0.990. The fourth-order valence-electron chi connectivity index (χ4n) is 1.54. The molecule has 1 aliphatic rings. The van der Waals surface area contributed by atoms with Gasteiger partial charge in [-0.1, -0.05) is 6.58 Å². The molecule has 0 aromatic heterocycles. The van der Waals surface area contributed by atoms with E-state index in [1.54, 1.807) is 0 Å². The first-order chi connectivity index (χ1) is 8.01. The molecular formula is C10H16O7. The van der Waals surface area contributed by atoms with E-state index in [0.717, 1.165) is 6.08 Å². The Kier molecular flexibility index (Phi) is 5.03. The third-order valence-electron chi connectivity index (χ3n) is 2.49. The van der Waals surface area contributed by atoms with E-state index in [1.165, 1.54) is 7.11 Å². The van der Waals surface area contributed by atoms with Crippen molar-refractivity contribution < 1.29 is 34.3 Å². The molecular weight excluding hydrogens is 232 g/mol. The van der Waals surface area contributed by atoms with Crippen molar-refractivity contribution in [2.75, 3.05) is 13.7 Å². The van der Waals surface area contributed by atoms with Crippen molar-refractivity contribution >= 4 is 5.97 Å². The molecule has 1 rings (SSSR count). The van der Waals surface area contributed by atoms with Gasteiger partial charge in [-0.25, -0.2) is 4.79 Å². The Labute approximate surface area is 98.2 Å². The number of methoxy groups -OCH3 is 1. The lowest BCUT2D eigenvalue weighted by Crippen LogP contribution is -2.59. The number of hydrogen-bond acceptors (Lipinski definition) is 7. The zero-order valence-electron chi connectivity index (χ0n) is 9.35. The maximum Gasteiger partial charge on any atom is 0.330 e. The van der Waals surface area contributed by atoms with Crippen LogP contribution in [0.4, 0.5) is 0 Å². The van der Waals surface area contributed by atoms with Crippen LogP contribution < -0.4 is 0 Å². The van der Waals surface area contributed by atoms with Crippen molar-refractivity contribution in [3.8, 4) is 0 Å². The number of carbonyl (C=O) groups is 1. The summed E-state index contributed by atoms with van der Waals surface area (Å²) in [5, 5.41) is 28.8. The summed E-state index contributed by atoms with van der Waals surface area (Å²) in [6, 6.07) is 0. The Morgan fingerprint density at radius 3 is 2.59 bits per heavy atom. The second-order valence-electron chi connectivity index (χ2n) is 3.58. The van der Waals surface area contributed by atoms with Gasteiger partial charge >= 0.3 is 5.97 Å². The van der Waals surface area contributed by atoms with E-state index in [-0.39, 0.29) is 6.61 Å². The highest BCUT2D eigenvalue weighted by atomic mass is 16.7. The fraction of sp³-hybridized carbons (Fsp3) is 0.700. The molecule has 0 aromatic carbocycles. The van der Waals surface area contributed by atoms with Crippen molar-refractivity contribution in [3.63, 3.8) is 0 Å². The highest BCUT2D eigenvalue weighted by Crippen LogP contribution is 2.22. The minimum absolute atomic E-state index is 0.295. The predicted octanol–water partition coefficient (Wildman–Crippen LogP) is -1.83. The van der Waals surface area contributed by atoms with Crippen LogP contribution in [0.2, 0.25) is 0 Å². The number of rotatable bonds is 4. The molecule has 1 aliphatic heterocycles. The van der Waals surface area contributed by atoms with Crippen LogP contribution in [0.5, 0.6) is 0 Å². The van der Waals surface area contributed by atoms with Crippen molar-refractivity contribution in [2.24, 2.45) is 0 Å². The summed E-state index contributed by atoms with van der Waals surface area (Å²) >= 11 is 0. The fourth-order valence-corrected chi connectivity index (χ4v) is 1.54. The van der Waals surface area contributed by atoms with E-state index in [9.17, 15) is 20.1 Å². The third kappa shape index (κ3) is 3.24. The number of carbonyl (C=O) groups excluding carboxylic acids is 1. The molecule has 0 bridgehead atoms. The van der Waals surface area contributed by atoms with Gasteiger partial charge in [0.1, 0.15) is 31.0 Å². The van der Waals surface area contributed by atoms with Gasteiger partial charge in [-0.05, 0) is 0 Å². The Morgan fingerprint density at radius 1 is 1.41 bits per heavy atom. The first-order valence-electron chi connectivity index (χ1n) is 5.03. The number of esters is 1. The van der Waals surface area contributed by atoms with Crippen molar-refractivity contribution in [3.05, 3.63) is 12.7 Å². The Morgan fingerprint density at radius 2 is 2.06 bits per heavy atom. The summed E-state index contributed by atoms with van der Waals surface area (Å²) in [5.74, 6) is -0.682. The molecule has 1 unspecified atom stereocenters. The first-order valence-corrected chi connectivity index (χ1v) is 5.03. The zero-order valence-corrected chi connectivity index (χ0v) is 9.35. The molecule has 7 heteroatoms. The molecule has 17 heavy (non-hydrogen) atoms. The number of hydrogen-bond donors (Lipinski definition) is 3. The van der Waals surface area contributed by atoms with Crippen LogP contribution in [0.15, 0.2) is 12.7 Å². The van der Waals surface area contributed by atoms with E-state index < -0.39 is 36.7 Å². The monoisotopic (exact) mass is 248 g/mol. The van der Waals surface area contributed by atoms with Gasteiger partial charge in [0.05, 0.1) is 0 Å². The largest absolute Gasteiger partial charge is 0.460 e. The topological polar surface area (TPSA) is 105 Å². The molecule has 0 saturated carbocycles. The molecule has 1 fully saturated rings. The van der Waals surface area contributed by atoms with Crippen LogP contribution in [0.25, 0.3) is 0 Å².